The van der Waals surface area contributed by atoms with Crippen molar-refractivity contribution in [1.82, 2.24) is 25.3 Å². The zero-order valence-electron chi connectivity index (χ0n) is 22.7. The zero-order valence-corrected chi connectivity index (χ0v) is 25.9. The minimum atomic E-state index is -2.95. The summed E-state index contributed by atoms with van der Waals surface area (Å²) in [7, 11) is -2.95. The predicted octanol–water partition coefficient (Wildman–Crippen LogP) is 5.94. The molecule has 0 atom stereocenters. The molecule has 0 amide bonds. The lowest BCUT2D eigenvalue weighted by Gasteiger charge is -2.12. The summed E-state index contributed by atoms with van der Waals surface area (Å²) in [6.45, 7) is 1.42. The molecule has 13 heteroatoms. The van der Waals surface area contributed by atoms with Crippen molar-refractivity contribution in [3.05, 3.63) is 87.3 Å². The number of sulfone groups is 1. The molecule has 0 unspecified atom stereocenters. The van der Waals surface area contributed by atoms with Crippen LogP contribution in [0.15, 0.2) is 70.9 Å². The van der Waals surface area contributed by atoms with Gasteiger partial charge in [-0.25, -0.2) is 27.8 Å². The van der Waals surface area contributed by atoms with E-state index in [0.29, 0.717) is 23.6 Å². The SMILES string of the molecule is CS(=O)(=O)CCNCCCc1nc(-c2cc3c(Nc4ccc(OCc5cccc(F)c5)c(Br)c4)ncnc3cn2)cs1. The molecule has 0 aliphatic carbocycles. The van der Waals surface area contributed by atoms with Crippen molar-refractivity contribution in [3.8, 4) is 17.1 Å². The van der Waals surface area contributed by atoms with Crippen molar-refractivity contribution in [2.75, 3.05) is 30.4 Å². The maximum absolute atomic E-state index is 13.5. The van der Waals surface area contributed by atoms with Gasteiger partial charge in [0.2, 0.25) is 0 Å². The van der Waals surface area contributed by atoms with Crippen LogP contribution in [0, 0.1) is 5.82 Å². The smallest absolute Gasteiger partial charge is 0.148 e. The number of halogens is 2. The first-order chi connectivity index (χ1) is 20.2. The van der Waals surface area contributed by atoms with Crippen molar-refractivity contribution in [2.45, 2.75) is 19.4 Å². The van der Waals surface area contributed by atoms with Crippen LogP contribution in [0.4, 0.5) is 15.9 Å². The van der Waals surface area contributed by atoms with Crippen LogP contribution in [-0.2, 0) is 22.9 Å². The van der Waals surface area contributed by atoms with E-state index in [2.05, 4.69) is 41.5 Å². The van der Waals surface area contributed by atoms with Gasteiger partial charge in [0, 0.05) is 35.7 Å². The Morgan fingerprint density at radius 1 is 1.05 bits per heavy atom. The van der Waals surface area contributed by atoms with E-state index in [0.717, 1.165) is 56.9 Å². The Morgan fingerprint density at radius 2 is 1.93 bits per heavy atom. The number of nitrogens with one attached hydrogen (secondary N) is 2. The van der Waals surface area contributed by atoms with Gasteiger partial charge < -0.3 is 15.4 Å². The molecule has 218 valence electrons. The highest BCUT2D eigenvalue weighted by molar-refractivity contribution is 9.10. The fourth-order valence-electron chi connectivity index (χ4n) is 4.11. The number of fused-ring (bicyclic) bond motifs is 1. The highest BCUT2D eigenvalue weighted by Gasteiger charge is 2.12. The van der Waals surface area contributed by atoms with Crippen LogP contribution in [0.2, 0.25) is 0 Å². The molecule has 3 aromatic heterocycles. The fraction of sp³-hybridized carbons (Fsp3) is 0.241. The van der Waals surface area contributed by atoms with Gasteiger partial charge in [0.15, 0.2) is 0 Å². The van der Waals surface area contributed by atoms with Crippen molar-refractivity contribution in [3.63, 3.8) is 0 Å². The van der Waals surface area contributed by atoms with E-state index in [9.17, 15) is 12.8 Å². The highest BCUT2D eigenvalue weighted by Crippen LogP contribution is 2.32. The molecular weight excluding hydrogens is 643 g/mol. The molecule has 0 radical (unpaired) electrons. The van der Waals surface area contributed by atoms with Gasteiger partial charge >= 0.3 is 0 Å². The minimum absolute atomic E-state index is 0.137. The quantitative estimate of drug-likeness (QED) is 0.147. The molecule has 0 saturated heterocycles. The summed E-state index contributed by atoms with van der Waals surface area (Å²) in [6.07, 6.45) is 6.08. The van der Waals surface area contributed by atoms with E-state index in [4.69, 9.17) is 9.72 Å². The molecule has 5 aromatic rings. The van der Waals surface area contributed by atoms with Crippen LogP contribution >= 0.6 is 27.3 Å². The maximum Gasteiger partial charge on any atom is 0.148 e. The lowest BCUT2D eigenvalue weighted by atomic mass is 10.2. The second-order valence-corrected chi connectivity index (χ2v) is 13.7. The molecule has 42 heavy (non-hydrogen) atoms. The number of hydrogen-bond acceptors (Lipinski definition) is 10. The van der Waals surface area contributed by atoms with Crippen molar-refractivity contribution < 1.29 is 17.5 Å². The third-order valence-corrected chi connectivity index (χ3v) is 8.68. The van der Waals surface area contributed by atoms with Gasteiger partial charge in [-0.3, -0.25) is 4.98 Å². The minimum Gasteiger partial charge on any atom is -0.488 e. The zero-order chi connectivity index (χ0) is 29.5. The third kappa shape index (κ3) is 8.28. The Morgan fingerprint density at radius 3 is 2.74 bits per heavy atom. The molecule has 9 nitrogen and oxygen atoms in total. The number of benzene rings is 2. The van der Waals surface area contributed by atoms with Gasteiger partial charge in [0.1, 0.15) is 40.2 Å². The number of pyridine rings is 1. The number of aromatic nitrogens is 4. The standard InChI is InChI=1S/C29H28BrFN6O3S2/c1-42(38,39)11-10-32-9-3-6-28-37-26(17-41-28)24-14-22-25(15-33-24)34-18-35-29(22)36-21-7-8-27(23(30)13-21)40-16-19-4-2-5-20(31)12-19/h2,4-5,7-8,12-15,17-18,32H,3,6,9-11,16H2,1H3,(H,34,35,36). The Hall–Kier alpha value is -3.52. The van der Waals surface area contributed by atoms with Crippen LogP contribution in [-0.4, -0.2) is 53.5 Å². The second-order valence-electron chi connectivity index (χ2n) is 9.61. The van der Waals surface area contributed by atoms with Gasteiger partial charge in [-0.2, -0.15) is 0 Å². The number of ether oxygens (including phenoxy) is 1. The summed E-state index contributed by atoms with van der Waals surface area (Å²) in [5.41, 5.74) is 3.73. The van der Waals surface area contributed by atoms with Crippen molar-refractivity contribution in [2.24, 2.45) is 0 Å². The molecule has 0 spiro atoms. The predicted molar refractivity (Wildman–Crippen MR) is 167 cm³/mol. The maximum atomic E-state index is 13.5. The number of aryl methyl sites for hydroxylation is 1. The summed E-state index contributed by atoms with van der Waals surface area (Å²) in [6, 6.07) is 13.8. The van der Waals surface area contributed by atoms with Gasteiger partial charge in [-0.1, -0.05) is 12.1 Å². The second kappa shape index (κ2) is 13.6. The Labute approximate surface area is 255 Å². The van der Waals surface area contributed by atoms with Gasteiger partial charge in [-0.15, -0.1) is 11.3 Å². The summed E-state index contributed by atoms with van der Waals surface area (Å²) in [5.74, 6) is 1.10. The molecule has 2 aromatic carbocycles. The van der Waals surface area contributed by atoms with Crippen LogP contribution in [0.5, 0.6) is 5.75 Å². The highest BCUT2D eigenvalue weighted by atomic mass is 79.9. The molecule has 0 aliphatic heterocycles. The topological polar surface area (TPSA) is 119 Å². The number of hydrogen-bond donors (Lipinski definition) is 2. The molecule has 0 saturated carbocycles. The summed E-state index contributed by atoms with van der Waals surface area (Å²) in [5, 5.41) is 10.3. The lowest BCUT2D eigenvalue weighted by molar-refractivity contribution is 0.303. The number of rotatable bonds is 13. The molecule has 5 rings (SSSR count). The van der Waals surface area contributed by atoms with Gasteiger partial charge in [0.05, 0.1) is 38.3 Å². The Balaban J connectivity index is 1.24. The van der Waals surface area contributed by atoms with Crippen molar-refractivity contribution in [1.29, 1.82) is 0 Å². The van der Waals surface area contributed by atoms with E-state index in [1.54, 1.807) is 23.6 Å². The summed E-state index contributed by atoms with van der Waals surface area (Å²) in [4.78, 5) is 18.1. The van der Waals surface area contributed by atoms with Crippen LogP contribution in [0.1, 0.15) is 17.0 Å². The van der Waals surface area contributed by atoms with E-state index in [1.807, 2.05) is 35.7 Å². The summed E-state index contributed by atoms with van der Waals surface area (Å²) < 4.78 is 42.5. The number of thiazole rings is 1. The molecule has 2 N–H and O–H groups in total. The summed E-state index contributed by atoms with van der Waals surface area (Å²) >= 11 is 5.14. The Bertz CT molecular complexity index is 1800. The number of nitrogens with zero attached hydrogens (tertiary/aromatic N) is 4. The van der Waals surface area contributed by atoms with Gasteiger partial charge in [0.25, 0.3) is 0 Å². The molecule has 0 fully saturated rings. The Kier molecular flexibility index (Phi) is 9.73. The molecule has 0 bridgehead atoms. The average molecular weight is 672 g/mol. The van der Waals surface area contributed by atoms with Gasteiger partial charge in [-0.05, 0) is 70.9 Å². The molecule has 0 aliphatic rings. The van der Waals surface area contributed by atoms with E-state index < -0.39 is 9.84 Å². The first kappa shape index (κ1) is 30.0. The molecule has 3 heterocycles. The largest absolute Gasteiger partial charge is 0.488 e. The fourth-order valence-corrected chi connectivity index (χ4v) is 5.95. The van der Waals surface area contributed by atoms with Crippen LogP contribution in [0.25, 0.3) is 22.3 Å². The monoisotopic (exact) mass is 670 g/mol. The van der Waals surface area contributed by atoms with E-state index in [-0.39, 0.29) is 18.2 Å². The van der Waals surface area contributed by atoms with Crippen LogP contribution in [0.3, 0.4) is 0 Å². The van der Waals surface area contributed by atoms with E-state index in [1.165, 1.54) is 24.7 Å². The average Bonchev–Trinajstić information content (AvgIpc) is 3.43. The normalized spacial score (nSPS) is 11.6. The first-order valence-corrected chi connectivity index (χ1v) is 16.8. The first-order valence-electron chi connectivity index (χ1n) is 13.1. The van der Waals surface area contributed by atoms with Crippen LogP contribution < -0.4 is 15.4 Å². The van der Waals surface area contributed by atoms with Crippen molar-refractivity contribution >= 4 is 59.5 Å². The number of anilines is 2. The lowest BCUT2D eigenvalue weighted by Crippen LogP contribution is -2.23. The molecular formula is C29H28BrFN6O3S2. The third-order valence-electron chi connectivity index (χ3n) is 6.21. The van der Waals surface area contributed by atoms with E-state index >= 15 is 0 Å².